The van der Waals surface area contributed by atoms with E-state index in [2.05, 4.69) is 77.1 Å². The van der Waals surface area contributed by atoms with Gasteiger partial charge in [0.2, 0.25) is 0 Å². The first-order chi connectivity index (χ1) is 11.8. The van der Waals surface area contributed by atoms with Crippen molar-refractivity contribution in [2.24, 2.45) is 0 Å². The standard InChI is InChI=1S/C21H16ClNS/c22-19-12-10-17(11-13-19)21-14-18-8-4-5-9-20(18)23(24-21)15-16-6-2-1-3-7-16/h1-14H,15H2. The predicted octanol–water partition coefficient (Wildman–Crippen LogP) is 6.51. The zero-order valence-corrected chi connectivity index (χ0v) is 14.6. The summed E-state index contributed by atoms with van der Waals surface area (Å²) in [5.41, 5.74) is 5.00. The minimum Gasteiger partial charge on any atom is -0.307 e. The summed E-state index contributed by atoms with van der Waals surface area (Å²) in [4.78, 5) is 1.24. The second kappa shape index (κ2) is 6.76. The highest BCUT2D eigenvalue weighted by Crippen LogP contribution is 2.43. The molecule has 3 aromatic rings. The van der Waals surface area contributed by atoms with Crippen LogP contribution in [-0.2, 0) is 6.54 Å². The lowest BCUT2D eigenvalue weighted by molar-refractivity contribution is 1.06. The Kier molecular flexibility index (Phi) is 4.33. The van der Waals surface area contributed by atoms with Gasteiger partial charge in [0.15, 0.2) is 0 Å². The molecule has 24 heavy (non-hydrogen) atoms. The molecule has 1 nitrogen and oxygen atoms in total. The van der Waals surface area contributed by atoms with Crippen LogP contribution in [0.5, 0.6) is 0 Å². The number of fused-ring (bicyclic) bond motifs is 1. The molecule has 0 bridgehead atoms. The summed E-state index contributed by atoms with van der Waals surface area (Å²) in [5, 5.41) is 0.765. The molecular weight excluding hydrogens is 334 g/mol. The molecule has 1 aliphatic heterocycles. The Morgan fingerprint density at radius 1 is 0.792 bits per heavy atom. The van der Waals surface area contributed by atoms with Crippen LogP contribution in [-0.4, -0.2) is 0 Å². The first-order valence-corrected chi connectivity index (χ1v) is 9.01. The van der Waals surface area contributed by atoms with Gasteiger partial charge in [-0.05, 0) is 52.9 Å². The maximum Gasteiger partial charge on any atom is 0.0549 e. The molecule has 0 unspecified atom stereocenters. The minimum absolute atomic E-state index is 0.765. The molecule has 0 saturated carbocycles. The van der Waals surface area contributed by atoms with Crippen LogP contribution in [0, 0.1) is 0 Å². The van der Waals surface area contributed by atoms with Crippen LogP contribution in [0.15, 0.2) is 78.9 Å². The fourth-order valence-electron chi connectivity index (χ4n) is 2.79. The van der Waals surface area contributed by atoms with Gasteiger partial charge in [-0.25, -0.2) is 0 Å². The summed E-state index contributed by atoms with van der Waals surface area (Å²) in [5.74, 6) is 0. The van der Waals surface area contributed by atoms with Gasteiger partial charge in [0.1, 0.15) is 0 Å². The van der Waals surface area contributed by atoms with Crippen LogP contribution in [0.1, 0.15) is 16.7 Å². The van der Waals surface area contributed by atoms with Crippen molar-refractivity contribution >= 4 is 40.2 Å². The van der Waals surface area contributed by atoms with Crippen molar-refractivity contribution in [3.8, 4) is 0 Å². The highest BCUT2D eigenvalue weighted by Gasteiger charge is 2.20. The Bertz CT molecular complexity index is 872. The van der Waals surface area contributed by atoms with Gasteiger partial charge in [0.05, 0.1) is 12.2 Å². The molecule has 3 heteroatoms. The van der Waals surface area contributed by atoms with Crippen molar-refractivity contribution in [1.29, 1.82) is 0 Å². The fourth-order valence-corrected chi connectivity index (χ4v) is 4.05. The van der Waals surface area contributed by atoms with Gasteiger partial charge in [0, 0.05) is 9.93 Å². The maximum atomic E-state index is 6.03. The Morgan fingerprint density at radius 2 is 1.50 bits per heavy atom. The normalized spacial score (nSPS) is 13.4. The number of benzene rings is 3. The van der Waals surface area contributed by atoms with Crippen molar-refractivity contribution in [1.82, 2.24) is 0 Å². The zero-order valence-electron chi connectivity index (χ0n) is 13.0. The number of halogens is 1. The molecule has 0 N–H and O–H groups in total. The number of hydrogen-bond donors (Lipinski definition) is 0. The summed E-state index contributed by atoms with van der Waals surface area (Å²) in [6.07, 6.45) is 2.25. The number of hydrogen-bond acceptors (Lipinski definition) is 2. The fraction of sp³-hybridized carbons (Fsp3) is 0.0476. The molecule has 3 aromatic carbocycles. The molecule has 0 amide bonds. The van der Waals surface area contributed by atoms with Crippen molar-refractivity contribution in [2.75, 3.05) is 4.31 Å². The van der Waals surface area contributed by atoms with E-state index in [0.29, 0.717) is 0 Å². The van der Waals surface area contributed by atoms with Crippen LogP contribution in [0.3, 0.4) is 0 Å². The third-order valence-electron chi connectivity index (χ3n) is 4.00. The maximum absolute atomic E-state index is 6.03. The summed E-state index contributed by atoms with van der Waals surface area (Å²) in [7, 11) is 0. The van der Waals surface area contributed by atoms with Crippen LogP contribution >= 0.6 is 23.5 Å². The molecule has 0 fully saturated rings. The lowest BCUT2D eigenvalue weighted by Crippen LogP contribution is -2.17. The number of para-hydroxylation sites is 1. The van der Waals surface area contributed by atoms with E-state index >= 15 is 0 Å². The van der Waals surface area contributed by atoms with Gasteiger partial charge in [-0.1, -0.05) is 72.3 Å². The summed E-state index contributed by atoms with van der Waals surface area (Å²) < 4.78 is 2.36. The second-order valence-electron chi connectivity index (χ2n) is 5.69. The topological polar surface area (TPSA) is 3.24 Å². The van der Waals surface area contributed by atoms with Crippen molar-refractivity contribution in [3.63, 3.8) is 0 Å². The van der Waals surface area contributed by atoms with Crippen LogP contribution in [0.4, 0.5) is 5.69 Å². The largest absolute Gasteiger partial charge is 0.307 e. The van der Waals surface area contributed by atoms with Gasteiger partial charge in [-0.3, -0.25) is 0 Å². The smallest absolute Gasteiger partial charge is 0.0549 e. The molecule has 4 rings (SSSR count). The highest BCUT2D eigenvalue weighted by molar-refractivity contribution is 8.09. The summed E-state index contributed by atoms with van der Waals surface area (Å²) >= 11 is 7.81. The Hall–Kier alpha value is -2.16. The third-order valence-corrected chi connectivity index (χ3v) is 5.35. The Morgan fingerprint density at radius 3 is 2.29 bits per heavy atom. The predicted molar refractivity (Wildman–Crippen MR) is 106 cm³/mol. The number of rotatable bonds is 3. The molecule has 1 aliphatic rings. The monoisotopic (exact) mass is 349 g/mol. The van der Waals surface area contributed by atoms with Crippen LogP contribution in [0.25, 0.3) is 11.0 Å². The van der Waals surface area contributed by atoms with Crippen LogP contribution in [0.2, 0.25) is 5.02 Å². The van der Waals surface area contributed by atoms with E-state index in [9.17, 15) is 0 Å². The van der Waals surface area contributed by atoms with E-state index in [1.54, 1.807) is 11.9 Å². The number of nitrogens with zero attached hydrogens (tertiary/aromatic N) is 1. The molecule has 0 aliphatic carbocycles. The summed E-state index contributed by atoms with van der Waals surface area (Å²) in [6.45, 7) is 0.869. The van der Waals surface area contributed by atoms with E-state index in [0.717, 1.165) is 11.6 Å². The van der Waals surface area contributed by atoms with E-state index in [1.165, 1.54) is 27.3 Å². The average Bonchev–Trinajstić information content (AvgIpc) is 2.63. The molecule has 0 saturated heterocycles. The molecule has 0 aromatic heterocycles. The Labute approximate surface area is 151 Å². The highest BCUT2D eigenvalue weighted by atomic mass is 35.5. The molecule has 0 radical (unpaired) electrons. The van der Waals surface area contributed by atoms with Crippen molar-refractivity contribution < 1.29 is 0 Å². The van der Waals surface area contributed by atoms with Crippen LogP contribution < -0.4 is 4.31 Å². The third kappa shape index (κ3) is 3.21. The first kappa shape index (κ1) is 15.4. The lowest BCUT2D eigenvalue weighted by Gasteiger charge is -2.30. The van der Waals surface area contributed by atoms with Gasteiger partial charge in [-0.2, -0.15) is 0 Å². The molecule has 0 spiro atoms. The average molecular weight is 350 g/mol. The van der Waals surface area contributed by atoms with E-state index < -0.39 is 0 Å². The van der Waals surface area contributed by atoms with Crippen molar-refractivity contribution in [3.05, 3.63) is 101 Å². The quantitative estimate of drug-likeness (QED) is 0.496. The van der Waals surface area contributed by atoms with E-state index in [4.69, 9.17) is 11.6 Å². The van der Waals surface area contributed by atoms with E-state index in [1.807, 2.05) is 12.1 Å². The van der Waals surface area contributed by atoms with Gasteiger partial charge in [0.25, 0.3) is 0 Å². The van der Waals surface area contributed by atoms with Gasteiger partial charge >= 0.3 is 0 Å². The van der Waals surface area contributed by atoms with Crippen molar-refractivity contribution in [2.45, 2.75) is 6.54 Å². The minimum atomic E-state index is 0.765. The molecular formula is C21H16ClNS. The van der Waals surface area contributed by atoms with E-state index in [-0.39, 0.29) is 0 Å². The molecule has 118 valence electrons. The SMILES string of the molecule is Clc1ccc(C2=Cc3ccccc3N(Cc3ccccc3)S2)cc1. The number of anilines is 1. The Balaban J connectivity index is 1.71. The summed E-state index contributed by atoms with van der Waals surface area (Å²) in [6, 6.07) is 27.2. The van der Waals surface area contributed by atoms with Gasteiger partial charge in [-0.15, -0.1) is 0 Å². The molecule has 1 heterocycles. The first-order valence-electron chi connectivity index (χ1n) is 7.86. The zero-order chi connectivity index (χ0) is 16.4. The van der Waals surface area contributed by atoms with Gasteiger partial charge < -0.3 is 4.31 Å². The molecule has 0 atom stereocenters. The lowest BCUT2D eigenvalue weighted by atomic mass is 10.1. The second-order valence-corrected chi connectivity index (χ2v) is 7.19.